The summed E-state index contributed by atoms with van der Waals surface area (Å²) in [7, 11) is 3.46. The third kappa shape index (κ3) is 4.88. The number of rotatable bonds is 9. The third-order valence-electron chi connectivity index (χ3n) is 5.97. The number of benzene rings is 2. The SMILES string of the molecule is COc1nn(C)c2nc(C)c(CCC(=O)NCCOc3ccccc3-c3ccccc3)c(C)c12. The van der Waals surface area contributed by atoms with Crippen LogP contribution in [-0.2, 0) is 18.3 Å². The fourth-order valence-corrected chi connectivity index (χ4v) is 4.23. The van der Waals surface area contributed by atoms with E-state index in [0.717, 1.165) is 44.7 Å². The van der Waals surface area contributed by atoms with Gasteiger partial charge in [0.15, 0.2) is 5.65 Å². The number of para-hydroxylation sites is 1. The molecule has 4 aromatic rings. The third-order valence-corrected chi connectivity index (χ3v) is 5.97. The highest BCUT2D eigenvalue weighted by Gasteiger charge is 2.18. The Morgan fingerprint density at radius 2 is 1.79 bits per heavy atom. The zero-order valence-electron chi connectivity index (χ0n) is 20.1. The van der Waals surface area contributed by atoms with Crippen LogP contribution in [0.1, 0.15) is 23.2 Å². The lowest BCUT2D eigenvalue weighted by Crippen LogP contribution is -2.28. The lowest BCUT2D eigenvalue weighted by molar-refractivity contribution is -0.121. The van der Waals surface area contributed by atoms with Crippen molar-refractivity contribution in [1.82, 2.24) is 20.1 Å². The van der Waals surface area contributed by atoms with Crippen molar-refractivity contribution in [3.63, 3.8) is 0 Å². The first kappa shape index (κ1) is 23.3. The van der Waals surface area contributed by atoms with Crippen LogP contribution in [0.4, 0.5) is 0 Å². The number of nitrogens with zero attached hydrogens (tertiary/aromatic N) is 3. The van der Waals surface area contributed by atoms with Gasteiger partial charge in [-0.05, 0) is 43.0 Å². The first-order chi connectivity index (χ1) is 16.5. The Bertz CT molecular complexity index is 1300. The topological polar surface area (TPSA) is 78.3 Å². The Morgan fingerprint density at radius 3 is 2.56 bits per heavy atom. The summed E-state index contributed by atoms with van der Waals surface area (Å²) in [6.45, 7) is 4.84. The van der Waals surface area contributed by atoms with Crippen molar-refractivity contribution < 1.29 is 14.3 Å². The van der Waals surface area contributed by atoms with Crippen LogP contribution in [-0.4, -0.2) is 40.9 Å². The number of methoxy groups -OCH3 is 1. The summed E-state index contributed by atoms with van der Waals surface area (Å²) in [4.78, 5) is 17.2. The van der Waals surface area contributed by atoms with E-state index >= 15 is 0 Å². The second-order valence-corrected chi connectivity index (χ2v) is 8.19. The zero-order valence-corrected chi connectivity index (χ0v) is 20.1. The van der Waals surface area contributed by atoms with Gasteiger partial charge in [0.1, 0.15) is 12.4 Å². The van der Waals surface area contributed by atoms with Gasteiger partial charge in [-0.15, -0.1) is 5.10 Å². The smallest absolute Gasteiger partial charge is 0.242 e. The number of hydrogen-bond acceptors (Lipinski definition) is 5. The minimum atomic E-state index is -0.0167. The van der Waals surface area contributed by atoms with Gasteiger partial charge in [-0.2, -0.15) is 0 Å². The molecule has 4 rings (SSSR count). The highest BCUT2D eigenvalue weighted by molar-refractivity contribution is 5.86. The molecule has 176 valence electrons. The largest absolute Gasteiger partial charge is 0.491 e. The lowest BCUT2D eigenvalue weighted by Gasteiger charge is -2.13. The van der Waals surface area contributed by atoms with Gasteiger partial charge in [0, 0.05) is 24.7 Å². The number of pyridine rings is 1. The van der Waals surface area contributed by atoms with Gasteiger partial charge in [-0.1, -0.05) is 48.5 Å². The summed E-state index contributed by atoms with van der Waals surface area (Å²) < 4.78 is 13.1. The predicted octanol–water partition coefficient (Wildman–Crippen LogP) is 4.39. The summed E-state index contributed by atoms with van der Waals surface area (Å²) in [6.07, 6.45) is 0.972. The van der Waals surface area contributed by atoms with E-state index in [0.29, 0.717) is 31.9 Å². The van der Waals surface area contributed by atoms with E-state index in [9.17, 15) is 4.79 Å². The van der Waals surface area contributed by atoms with E-state index in [-0.39, 0.29) is 5.91 Å². The van der Waals surface area contributed by atoms with E-state index in [1.807, 2.05) is 63.4 Å². The van der Waals surface area contributed by atoms with Crippen molar-refractivity contribution in [3.05, 3.63) is 71.4 Å². The summed E-state index contributed by atoms with van der Waals surface area (Å²) in [5.41, 5.74) is 5.94. The maximum Gasteiger partial charge on any atom is 0.242 e. The van der Waals surface area contributed by atoms with Crippen LogP contribution in [0.15, 0.2) is 54.6 Å². The van der Waals surface area contributed by atoms with Crippen LogP contribution in [0.2, 0.25) is 0 Å². The van der Waals surface area contributed by atoms with Gasteiger partial charge >= 0.3 is 0 Å². The highest BCUT2D eigenvalue weighted by Crippen LogP contribution is 2.31. The number of aryl methyl sites for hydroxylation is 3. The average Bonchev–Trinajstić information content (AvgIpc) is 3.18. The highest BCUT2D eigenvalue weighted by atomic mass is 16.5. The van der Waals surface area contributed by atoms with E-state index < -0.39 is 0 Å². The summed E-state index contributed by atoms with van der Waals surface area (Å²) in [5.74, 6) is 1.34. The Labute approximate surface area is 199 Å². The maximum atomic E-state index is 12.5. The van der Waals surface area contributed by atoms with Crippen LogP contribution in [0.3, 0.4) is 0 Å². The first-order valence-corrected chi connectivity index (χ1v) is 11.4. The molecule has 0 fully saturated rings. The fraction of sp³-hybridized carbons (Fsp3) is 0.296. The number of amides is 1. The minimum Gasteiger partial charge on any atom is -0.491 e. The van der Waals surface area contributed by atoms with Crippen molar-refractivity contribution in [2.75, 3.05) is 20.3 Å². The molecule has 34 heavy (non-hydrogen) atoms. The molecule has 1 amide bonds. The molecular formula is C27H30N4O3. The van der Waals surface area contributed by atoms with Crippen molar-refractivity contribution in [2.24, 2.45) is 7.05 Å². The van der Waals surface area contributed by atoms with Crippen molar-refractivity contribution in [1.29, 1.82) is 0 Å². The maximum absolute atomic E-state index is 12.5. The average molecular weight is 459 g/mol. The number of ether oxygens (including phenoxy) is 2. The van der Waals surface area contributed by atoms with Crippen molar-refractivity contribution in [2.45, 2.75) is 26.7 Å². The number of fused-ring (bicyclic) bond motifs is 1. The molecule has 2 heterocycles. The fourth-order valence-electron chi connectivity index (χ4n) is 4.23. The van der Waals surface area contributed by atoms with Gasteiger partial charge in [0.25, 0.3) is 0 Å². The molecule has 0 bridgehead atoms. The normalized spacial score (nSPS) is 10.9. The Hall–Kier alpha value is -3.87. The van der Waals surface area contributed by atoms with Gasteiger partial charge in [0.05, 0.1) is 19.0 Å². The predicted molar refractivity (Wildman–Crippen MR) is 133 cm³/mol. The molecule has 2 aromatic carbocycles. The van der Waals surface area contributed by atoms with Crippen LogP contribution < -0.4 is 14.8 Å². The molecule has 0 radical (unpaired) electrons. The lowest BCUT2D eigenvalue weighted by atomic mass is 10.00. The molecule has 0 saturated carbocycles. The van der Waals surface area contributed by atoms with Gasteiger partial charge < -0.3 is 14.8 Å². The Morgan fingerprint density at radius 1 is 1.06 bits per heavy atom. The summed E-state index contributed by atoms with van der Waals surface area (Å²) in [6, 6.07) is 18.1. The molecular weight excluding hydrogens is 428 g/mol. The van der Waals surface area contributed by atoms with E-state index in [2.05, 4.69) is 22.5 Å². The van der Waals surface area contributed by atoms with Crippen LogP contribution in [0.5, 0.6) is 11.6 Å². The molecule has 0 unspecified atom stereocenters. The molecule has 0 aliphatic heterocycles. The standard InChI is InChI=1S/C27H30N4O3/c1-18-21(19(2)29-26-25(18)27(33-4)30-31(26)3)14-15-24(32)28-16-17-34-23-13-9-8-12-22(23)20-10-6-5-7-11-20/h5-13H,14-17H2,1-4H3,(H,28,32). The van der Waals surface area contributed by atoms with E-state index in [1.165, 1.54) is 0 Å². The van der Waals surface area contributed by atoms with Crippen molar-refractivity contribution >= 4 is 16.9 Å². The molecule has 0 saturated heterocycles. The molecule has 0 aliphatic rings. The first-order valence-electron chi connectivity index (χ1n) is 11.4. The molecule has 0 aliphatic carbocycles. The van der Waals surface area contributed by atoms with Gasteiger partial charge in [-0.3, -0.25) is 4.79 Å². The second-order valence-electron chi connectivity index (χ2n) is 8.19. The van der Waals surface area contributed by atoms with Crippen LogP contribution in [0, 0.1) is 13.8 Å². The second kappa shape index (κ2) is 10.4. The van der Waals surface area contributed by atoms with Crippen molar-refractivity contribution in [3.8, 4) is 22.8 Å². The molecule has 1 N–H and O–H groups in total. The molecule has 7 nitrogen and oxygen atoms in total. The summed E-state index contributed by atoms with van der Waals surface area (Å²) >= 11 is 0. The molecule has 0 atom stereocenters. The number of carbonyl (C=O) groups is 1. The van der Waals surface area contributed by atoms with Gasteiger partial charge in [0.2, 0.25) is 11.8 Å². The number of carbonyl (C=O) groups excluding carboxylic acids is 1. The van der Waals surface area contributed by atoms with E-state index in [1.54, 1.807) is 11.8 Å². The summed E-state index contributed by atoms with van der Waals surface area (Å²) in [5, 5.41) is 8.24. The number of aromatic nitrogens is 3. The molecule has 0 spiro atoms. The van der Waals surface area contributed by atoms with Crippen LogP contribution in [0.25, 0.3) is 22.2 Å². The Kier molecular flexibility index (Phi) is 7.11. The van der Waals surface area contributed by atoms with Crippen LogP contribution >= 0.6 is 0 Å². The molecule has 2 aromatic heterocycles. The molecule has 7 heteroatoms. The van der Waals surface area contributed by atoms with E-state index in [4.69, 9.17) is 14.5 Å². The van der Waals surface area contributed by atoms with Gasteiger partial charge in [-0.25, -0.2) is 9.67 Å². The minimum absolute atomic E-state index is 0.0167. The quantitative estimate of drug-likeness (QED) is 0.377. The number of nitrogens with one attached hydrogen (secondary N) is 1. The number of hydrogen-bond donors (Lipinski definition) is 1. The monoisotopic (exact) mass is 458 g/mol. The Balaban J connectivity index is 1.33. The zero-order chi connectivity index (χ0) is 24.1.